The molecule has 0 aliphatic heterocycles. The van der Waals surface area contributed by atoms with Gasteiger partial charge in [-0.3, -0.25) is 4.98 Å². The molecule has 0 fully saturated rings. The number of ether oxygens (including phenoxy) is 2. The van der Waals surface area contributed by atoms with Crippen molar-refractivity contribution in [2.75, 3.05) is 14.2 Å². The van der Waals surface area contributed by atoms with Crippen LogP contribution in [0.25, 0.3) is 21.3 Å². The Labute approximate surface area is 260 Å². The number of aromatic nitrogens is 1. The van der Waals surface area contributed by atoms with E-state index in [4.69, 9.17) is 21.1 Å². The zero-order valence-electron chi connectivity index (χ0n) is 23.5. The minimum Gasteiger partial charge on any atom is -0.493 e. The fourth-order valence-corrected chi connectivity index (χ4v) is 7.44. The first kappa shape index (κ1) is 31.7. The number of nitrogens with zero attached hydrogens (tertiary/aromatic N) is 1. The van der Waals surface area contributed by atoms with E-state index < -0.39 is 27.8 Å². The van der Waals surface area contributed by atoms with E-state index in [1.54, 1.807) is 48.5 Å². The van der Waals surface area contributed by atoms with Crippen LogP contribution in [-0.4, -0.2) is 38.9 Å². The minimum absolute atomic E-state index is 0.0632. The van der Waals surface area contributed by atoms with E-state index in [0.29, 0.717) is 43.8 Å². The number of methoxy groups -OCH3 is 2. The molecule has 0 bridgehead atoms. The van der Waals surface area contributed by atoms with Crippen molar-refractivity contribution in [1.82, 2.24) is 9.71 Å². The lowest BCUT2D eigenvalue weighted by molar-refractivity contribution is -0.258. The van der Waals surface area contributed by atoms with E-state index in [1.807, 2.05) is 0 Å². The fraction of sp³-hybridized carbons (Fsp3) is 0.194. The molecule has 2 atom stereocenters. The maximum absolute atomic E-state index is 13.7. The highest BCUT2D eigenvalue weighted by atomic mass is 35.5. The summed E-state index contributed by atoms with van der Waals surface area (Å²) < 4.78 is 82.1. The molecule has 2 aromatic heterocycles. The van der Waals surface area contributed by atoms with Crippen LogP contribution in [0.5, 0.6) is 11.5 Å². The van der Waals surface area contributed by atoms with Crippen LogP contribution < -0.4 is 14.2 Å². The number of hydrogen-bond donors (Lipinski definition) is 2. The molecule has 13 heteroatoms. The summed E-state index contributed by atoms with van der Waals surface area (Å²) in [4.78, 5) is 4.79. The Morgan fingerprint density at radius 1 is 0.955 bits per heavy atom. The summed E-state index contributed by atoms with van der Waals surface area (Å²) in [5.41, 5.74) is -2.23. The van der Waals surface area contributed by atoms with Crippen molar-refractivity contribution < 1.29 is 36.2 Å². The Morgan fingerprint density at radius 2 is 1.68 bits per heavy atom. The van der Waals surface area contributed by atoms with Gasteiger partial charge in [0, 0.05) is 32.4 Å². The Kier molecular flexibility index (Phi) is 8.67. The van der Waals surface area contributed by atoms with Gasteiger partial charge in [0.1, 0.15) is 0 Å². The lowest BCUT2D eigenvalue weighted by Crippen LogP contribution is -2.39. The lowest BCUT2D eigenvalue weighted by Gasteiger charge is -2.26. The third-order valence-electron chi connectivity index (χ3n) is 7.15. The highest BCUT2D eigenvalue weighted by Gasteiger charge is 2.51. The molecule has 3 aromatic carbocycles. The maximum Gasteiger partial charge on any atom is 0.421 e. The highest BCUT2D eigenvalue weighted by molar-refractivity contribution is 7.89. The van der Waals surface area contributed by atoms with Crippen LogP contribution in [0.2, 0.25) is 5.02 Å². The quantitative estimate of drug-likeness (QED) is 0.170. The SMILES string of the molecule is COc1ccc(S(=O)(=O)N[C@H](c2cc3cccc(-c4cc(C(C)(O)C(F)(F)F)ccn4)c3s2)c2ccccc2Cl)cc1OC. The second kappa shape index (κ2) is 12.0. The molecular weight excluding hydrogens is 637 g/mol. The van der Waals surface area contributed by atoms with Gasteiger partial charge in [-0.15, -0.1) is 11.3 Å². The van der Waals surface area contributed by atoms with Gasteiger partial charge in [0.05, 0.1) is 30.9 Å². The molecule has 44 heavy (non-hydrogen) atoms. The predicted molar refractivity (Wildman–Crippen MR) is 164 cm³/mol. The highest BCUT2D eigenvalue weighted by Crippen LogP contribution is 2.43. The molecule has 0 amide bonds. The smallest absolute Gasteiger partial charge is 0.421 e. The Balaban J connectivity index is 1.62. The van der Waals surface area contributed by atoms with Crippen molar-refractivity contribution in [2.24, 2.45) is 0 Å². The Bertz CT molecular complexity index is 1940. The molecule has 0 aliphatic rings. The van der Waals surface area contributed by atoms with Crippen molar-refractivity contribution in [2.45, 2.75) is 29.6 Å². The van der Waals surface area contributed by atoms with Gasteiger partial charge in [-0.1, -0.05) is 48.0 Å². The second-order valence-corrected chi connectivity index (χ2v) is 13.2. The van der Waals surface area contributed by atoms with Crippen LogP contribution in [0.4, 0.5) is 13.2 Å². The van der Waals surface area contributed by atoms with Crippen LogP contribution >= 0.6 is 22.9 Å². The number of alkyl halides is 3. The Hall–Kier alpha value is -3.68. The molecule has 0 aliphatic carbocycles. The van der Waals surface area contributed by atoms with Gasteiger partial charge in [0.25, 0.3) is 0 Å². The number of hydrogen-bond acceptors (Lipinski definition) is 7. The molecular formula is C31H26ClF3N2O5S2. The number of aliphatic hydroxyl groups is 1. The summed E-state index contributed by atoms with van der Waals surface area (Å²) in [5.74, 6) is 0.593. The average molecular weight is 663 g/mol. The first-order valence-corrected chi connectivity index (χ1v) is 15.7. The van der Waals surface area contributed by atoms with Gasteiger partial charge >= 0.3 is 6.18 Å². The normalized spacial score (nSPS) is 14.3. The molecule has 5 aromatic rings. The van der Waals surface area contributed by atoms with Crippen molar-refractivity contribution in [3.8, 4) is 22.8 Å². The largest absolute Gasteiger partial charge is 0.493 e. The lowest BCUT2D eigenvalue weighted by atomic mass is 9.94. The number of rotatable bonds is 9. The first-order valence-electron chi connectivity index (χ1n) is 13.0. The molecule has 230 valence electrons. The topological polar surface area (TPSA) is 97.8 Å². The zero-order chi connectivity index (χ0) is 31.9. The summed E-state index contributed by atoms with van der Waals surface area (Å²) in [5, 5.41) is 11.3. The number of pyridine rings is 1. The maximum atomic E-state index is 13.7. The van der Waals surface area contributed by atoms with E-state index in [0.717, 1.165) is 6.07 Å². The van der Waals surface area contributed by atoms with E-state index >= 15 is 0 Å². The molecule has 0 saturated heterocycles. The molecule has 0 spiro atoms. The van der Waals surface area contributed by atoms with E-state index in [-0.39, 0.29) is 21.9 Å². The molecule has 7 nitrogen and oxygen atoms in total. The fourth-order valence-electron chi connectivity index (χ4n) is 4.66. The minimum atomic E-state index is -4.90. The van der Waals surface area contributed by atoms with E-state index in [9.17, 15) is 26.7 Å². The van der Waals surface area contributed by atoms with Crippen molar-refractivity contribution in [3.63, 3.8) is 0 Å². The molecule has 1 unspecified atom stereocenters. The molecule has 0 radical (unpaired) electrons. The number of fused-ring (bicyclic) bond motifs is 1. The summed E-state index contributed by atoms with van der Waals surface area (Å²) in [6, 6.07) is 19.5. The Morgan fingerprint density at radius 3 is 2.36 bits per heavy atom. The van der Waals surface area contributed by atoms with Crippen LogP contribution in [0.1, 0.15) is 29.0 Å². The van der Waals surface area contributed by atoms with Gasteiger partial charge in [-0.2, -0.15) is 17.9 Å². The zero-order valence-corrected chi connectivity index (χ0v) is 25.9. The van der Waals surface area contributed by atoms with Gasteiger partial charge in [0.2, 0.25) is 10.0 Å². The predicted octanol–water partition coefficient (Wildman–Crippen LogP) is 7.47. The third kappa shape index (κ3) is 6.00. The number of thiophene rings is 1. The van der Waals surface area contributed by atoms with E-state index in [1.165, 1.54) is 56.0 Å². The first-order chi connectivity index (χ1) is 20.8. The van der Waals surface area contributed by atoms with Gasteiger partial charge < -0.3 is 14.6 Å². The molecule has 0 saturated carbocycles. The summed E-state index contributed by atoms with van der Waals surface area (Å²) in [7, 11) is -1.31. The summed E-state index contributed by atoms with van der Waals surface area (Å²) in [6.45, 7) is 0.689. The monoisotopic (exact) mass is 662 g/mol. The molecule has 2 N–H and O–H groups in total. The van der Waals surface area contributed by atoms with Crippen LogP contribution in [0.15, 0.2) is 90.0 Å². The number of nitrogens with one attached hydrogen (secondary N) is 1. The van der Waals surface area contributed by atoms with E-state index in [2.05, 4.69) is 9.71 Å². The average Bonchev–Trinajstić information content (AvgIpc) is 3.44. The third-order valence-corrected chi connectivity index (χ3v) is 10.2. The van der Waals surface area contributed by atoms with Gasteiger partial charge in [-0.05, 0) is 59.8 Å². The second-order valence-electron chi connectivity index (χ2n) is 9.97. The number of sulfonamides is 1. The van der Waals surface area contributed by atoms with Crippen LogP contribution in [0.3, 0.4) is 0 Å². The van der Waals surface area contributed by atoms with Crippen molar-refractivity contribution in [3.05, 3.63) is 106 Å². The summed E-state index contributed by atoms with van der Waals surface area (Å²) >= 11 is 7.81. The van der Waals surface area contributed by atoms with Crippen molar-refractivity contribution in [1.29, 1.82) is 0 Å². The van der Waals surface area contributed by atoms with Gasteiger partial charge in [0.15, 0.2) is 17.1 Å². The van der Waals surface area contributed by atoms with Crippen LogP contribution in [-0.2, 0) is 15.6 Å². The number of halogens is 4. The number of benzene rings is 3. The molecule has 2 heterocycles. The molecule has 5 rings (SSSR count). The van der Waals surface area contributed by atoms with Gasteiger partial charge in [-0.25, -0.2) is 8.42 Å². The summed E-state index contributed by atoms with van der Waals surface area (Å²) in [6.07, 6.45) is -3.69. The van der Waals surface area contributed by atoms with Crippen molar-refractivity contribution >= 4 is 43.0 Å². The van der Waals surface area contributed by atoms with Crippen LogP contribution in [0, 0.1) is 0 Å². The standard InChI is InChI=1S/C31H26ClF3N2O5S2/c1-30(38,31(33,34)35)19-13-14-36-24(16-19)22-9-6-7-18-15-27(43-29(18)22)28(21-8-4-5-10-23(21)32)37-44(39,40)20-11-12-25(41-2)26(17-20)42-3/h4-17,28,37-38H,1-3H3/t28-,30?/m0/s1.